The van der Waals surface area contributed by atoms with Crippen molar-refractivity contribution in [2.75, 3.05) is 33.4 Å². The van der Waals surface area contributed by atoms with Crippen LogP contribution in [0.15, 0.2) is 48.7 Å². The van der Waals surface area contributed by atoms with E-state index in [1.165, 1.54) is 0 Å². The minimum absolute atomic E-state index is 0.0127. The standard InChI is InChI=1S/C23H29N3O4/c1-17-7-3-4-8-19(17)21(20-9-5-6-12-24-20)25-22(27)18-10-13-26(14-11-18)23(28)30-16-15-29-2/h3-9,12,18,21H,10-11,13-16H2,1-2H3,(H,25,27). The van der Waals surface area contributed by atoms with E-state index >= 15 is 0 Å². The summed E-state index contributed by atoms with van der Waals surface area (Å²) in [6.07, 6.45) is 2.60. The van der Waals surface area contributed by atoms with Crippen LogP contribution < -0.4 is 5.32 Å². The van der Waals surface area contributed by atoms with Crippen molar-refractivity contribution < 1.29 is 19.1 Å². The summed E-state index contributed by atoms with van der Waals surface area (Å²) in [6, 6.07) is 13.4. The Morgan fingerprint density at radius 1 is 1.13 bits per heavy atom. The van der Waals surface area contributed by atoms with Crippen molar-refractivity contribution in [3.8, 4) is 0 Å². The number of aromatic nitrogens is 1. The van der Waals surface area contributed by atoms with Gasteiger partial charge >= 0.3 is 6.09 Å². The molecular weight excluding hydrogens is 382 g/mol. The van der Waals surface area contributed by atoms with Crippen molar-refractivity contribution in [3.05, 3.63) is 65.5 Å². The van der Waals surface area contributed by atoms with Crippen molar-refractivity contribution in [2.45, 2.75) is 25.8 Å². The Hall–Kier alpha value is -2.93. The van der Waals surface area contributed by atoms with Gasteiger partial charge in [-0.3, -0.25) is 9.78 Å². The molecule has 1 unspecified atom stereocenters. The third-order valence-electron chi connectivity index (χ3n) is 5.41. The Bertz CT molecular complexity index is 835. The van der Waals surface area contributed by atoms with Crippen molar-refractivity contribution >= 4 is 12.0 Å². The minimum Gasteiger partial charge on any atom is -0.447 e. The molecule has 1 aliphatic rings. The van der Waals surface area contributed by atoms with E-state index in [4.69, 9.17) is 9.47 Å². The summed E-state index contributed by atoms with van der Waals surface area (Å²) < 4.78 is 10.1. The zero-order valence-corrected chi connectivity index (χ0v) is 17.5. The maximum atomic E-state index is 13.1. The van der Waals surface area contributed by atoms with Crippen LogP contribution >= 0.6 is 0 Å². The smallest absolute Gasteiger partial charge is 0.409 e. The normalized spacial score (nSPS) is 15.5. The van der Waals surface area contributed by atoms with Crippen LogP contribution in [0, 0.1) is 12.8 Å². The molecule has 2 amide bonds. The third kappa shape index (κ3) is 5.57. The first-order valence-electron chi connectivity index (χ1n) is 10.3. The van der Waals surface area contributed by atoms with Crippen molar-refractivity contribution in [3.63, 3.8) is 0 Å². The molecule has 1 aliphatic heterocycles. The number of methoxy groups -OCH3 is 1. The van der Waals surface area contributed by atoms with E-state index in [0.717, 1.165) is 16.8 Å². The molecule has 0 saturated carbocycles. The van der Waals surface area contributed by atoms with Crippen LogP contribution in [0.25, 0.3) is 0 Å². The number of amides is 2. The Morgan fingerprint density at radius 3 is 2.53 bits per heavy atom. The fraction of sp³-hybridized carbons (Fsp3) is 0.435. The fourth-order valence-corrected chi connectivity index (χ4v) is 3.66. The van der Waals surface area contributed by atoms with E-state index in [9.17, 15) is 9.59 Å². The molecule has 3 rings (SSSR count). The van der Waals surface area contributed by atoms with Crippen LogP contribution in [0.4, 0.5) is 4.79 Å². The number of piperidine rings is 1. The van der Waals surface area contributed by atoms with Gasteiger partial charge in [0.15, 0.2) is 0 Å². The number of nitrogens with one attached hydrogen (secondary N) is 1. The maximum Gasteiger partial charge on any atom is 0.409 e. The molecule has 2 heterocycles. The molecule has 1 aromatic carbocycles. The number of nitrogens with zero attached hydrogens (tertiary/aromatic N) is 2. The molecule has 1 aromatic heterocycles. The van der Waals surface area contributed by atoms with E-state index in [2.05, 4.69) is 10.3 Å². The lowest BCUT2D eigenvalue weighted by atomic mass is 9.93. The van der Waals surface area contributed by atoms with Gasteiger partial charge in [-0.15, -0.1) is 0 Å². The van der Waals surface area contributed by atoms with Gasteiger partial charge in [0.05, 0.1) is 18.3 Å². The lowest BCUT2D eigenvalue weighted by Gasteiger charge is -2.31. The molecule has 30 heavy (non-hydrogen) atoms. The zero-order chi connectivity index (χ0) is 21.3. The first-order chi connectivity index (χ1) is 14.6. The molecule has 1 saturated heterocycles. The largest absolute Gasteiger partial charge is 0.447 e. The Kier molecular flexibility index (Phi) is 7.79. The van der Waals surface area contributed by atoms with Crippen molar-refractivity contribution in [1.29, 1.82) is 0 Å². The van der Waals surface area contributed by atoms with Crippen molar-refractivity contribution in [2.24, 2.45) is 5.92 Å². The van der Waals surface area contributed by atoms with Crippen LogP contribution in [0.1, 0.15) is 35.7 Å². The molecule has 2 aromatic rings. The molecule has 0 spiro atoms. The highest BCUT2D eigenvalue weighted by atomic mass is 16.6. The number of ether oxygens (including phenoxy) is 2. The number of carbonyl (C=O) groups is 2. The van der Waals surface area contributed by atoms with Crippen LogP contribution in [0.2, 0.25) is 0 Å². The van der Waals surface area contributed by atoms with Gasteiger partial charge in [-0.1, -0.05) is 30.3 Å². The van der Waals surface area contributed by atoms with Crippen LogP contribution in [-0.2, 0) is 14.3 Å². The van der Waals surface area contributed by atoms with Crippen LogP contribution in [0.5, 0.6) is 0 Å². The number of hydrogen-bond acceptors (Lipinski definition) is 5. The van der Waals surface area contributed by atoms with E-state index in [1.54, 1.807) is 18.2 Å². The number of aryl methyl sites for hydroxylation is 1. The Balaban J connectivity index is 1.63. The van der Waals surface area contributed by atoms with Gasteiger partial charge in [-0.2, -0.15) is 0 Å². The van der Waals surface area contributed by atoms with E-state index in [0.29, 0.717) is 32.5 Å². The average Bonchev–Trinajstić information content (AvgIpc) is 2.78. The van der Waals surface area contributed by atoms with Crippen LogP contribution in [-0.4, -0.2) is 55.3 Å². The minimum atomic E-state index is -0.350. The zero-order valence-electron chi connectivity index (χ0n) is 17.5. The molecule has 0 radical (unpaired) electrons. The second kappa shape index (κ2) is 10.7. The highest BCUT2D eigenvalue weighted by molar-refractivity contribution is 5.80. The van der Waals surface area contributed by atoms with E-state index < -0.39 is 0 Å². The third-order valence-corrected chi connectivity index (χ3v) is 5.41. The quantitative estimate of drug-likeness (QED) is 0.708. The number of rotatable bonds is 7. The predicted octanol–water partition coefficient (Wildman–Crippen LogP) is 3.09. The number of likely N-dealkylation sites (tertiary alicyclic amines) is 1. The van der Waals surface area contributed by atoms with Crippen LogP contribution in [0.3, 0.4) is 0 Å². The summed E-state index contributed by atoms with van der Waals surface area (Å²) in [5, 5.41) is 3.19. The summed E-state index contributed by atoms with van der Waals surface area (Å²) in [7, 11) is 1.56. The summed E-state index contributed by atoms with van der Waals surface area (Å²) in [4.78, 5) is 31.3. The van der Waals surface area contributed by atoms with E-state index in [-0.39, 0.29) is 30.6 Å². The predicted molar refractivity (Wildman–Crippen MR) is 113 cm³/mol. The average molecular weight is 412 g/mol. The molecule has 1 N–H and O–H groups in total. The number of hydrogen-bond donors (Lipinski definition) is 1. The molecule has 1 fully saturated rings. The monoisotopic (exact) mass is 411 g/mol. The first-order valence-corrected chi connectivity index (χ1v) is 10.3. The highest BCUT2D eigenvalue weighted by Gasteiger charge is 2.30. The van der Waals surface area contributed by atoms with Gasteiger partial charge in [0.25, 0.3) is 0 Å². The molecule has 160 valence electrons. The molecule has 0 bridgehead atoms. The fourth-order valence-electron chi connectivity index (χ4n) is 3.66. The van der Waals surface area contributed by atoms with Gasteiger partial charge in [0, 0.05) is 32.3 Å². The van der Waals surface area contributed by atoms with Gasteiger partial charge in [0.1, 0.15) is 6.61 Å². The summed E-state index contributed by atoms with van der Waals surface area (Å²) >= 11 is 0. The maximum absolute atomic E-state index is 13.1. The Labute approximate surface area is 177 Å². The summed E-state index contributed by atoms with van der Waals surface area (Å²) in [5.41, 5.74) is 2.94. The number of carbonyl (C=O) groups excluding carboxylic acids is 2. The second-order valence-electron chi connectivity index (χ2n) is 7.42. The van der Waals surface area contributed by atoms with Gasteiger partial charge in [-0.25, -0.2) is 4.79 Å². The molecule has 7 heteroatoms. The molecule has 0 aliphatic carbocycles. The van der Waals surface area contributed by atoms with E-state index in [1.807, 2.05) is 49.4 Å². The van der Waals surface area contributed by atoms with Gasteiger partial charge < -0.3 is 19.7 Å². The summed E-state index contributed by atoms with van der Waals surface area (Å²) in [6.45, 7) is 3.65. The number of benzene rings is 1. The molecular formula is C23H29N3O4. The van der Waals surface area contributed by atoms with Gasteiger partial charge in [0.2, 0.25) is 5.91 Å². The topological polar surface area (TPSA) is 80.8 Å². The molecule has 7 nitrogen and oxygen atoms in total. The lowest BCUT2D eigenvalue weighted by Crippen LogP contribution is -2.44. The number of pyridine rings is 1. The second-order valence-corrected chi connectivity index (χ2v) is 7.42. The molecule has 1 atom stereocenters. The van der Waals surface area contributed by atoms with Crippen molar-refractivity contribution in [1.82, 2.24) is 15.2 Å². The lowest BCUT2D eigenvalue weighted by molar-refractivity contribution is -0.126. The first kappa shape index (κ1) is 21.8. The summed E-state index contributed by atoms with van der Waals surface area (Å²) in [5.74, 6) is -0.162. The SMILES string of the molecule is COCCOC(=O)N1CCC(C(=O)NC(c2ccccn2)c2ccccc2C)CC1. The highest BCUT2D eigenvalue weighted by Crippen LogP contribution is 2.25. The van der Waals surface area contributed by atoms with Gasteiger partial charge in [-0.05, 0) is 43.0 Å². The Morgan fingerprint density at radius 2 is 1.87 bits per heavy atom.